The number of hydrogen-bond acceptors (Lipinski definition) is 4. The summed E-state index contributed by atoms with van der Waals surface area (Å²) in [4.78, 5) is 0. The second-order valence-corrected chi connectivity index (χ2v) is 7.35. The molecule has 102 valence electrons. The van der Waals surface area contributed by atoms with Crippen LogP contribution in [0.4, 0.5) is 0 Å². The molecule has 0 aromatic heterocycles. The van der Waals surface area contributed by atoms with Crippen LogP contribution in [0.15, 0.2) is 0 Å². The number of nitrogens with one attached hydrogen (secondary N) is 1. The first-order valence-electron chi connectivity index (χ1n) is 6.52. The molecular weight excluding hydrogens is 238 g/mol. The zero-order valence-electron chi connectivity index (χ0n) is 11.0. The van der Waals surface area contributed by atoms with E-state index >= 15 is 0 Å². The van der Waals surface area contributed by atoms with Crippen molar-refractivity contribution in [2.45, 2.75) is 33.1 Å². The van der Waals surface area contributed by atoms with Gasteiger partial charge in [0.2, 0.25) is 0 Å². The summed E-state index contributed by atoms with van der Waals surface area (Å²) in [6.45, 7) is 7.16. The molecule has 17 heavy (non-hydrogen) atoms. The van der Waals surface area contributed by atoms with Gasteiger partial charge in [0.25, 0.3) is 0 Å². The molecule has 0 unspecified atom stereocenters. The third-order valence-electron chi connectivity index (χ3n) is 3.69. The van der Waals surface area contributed by atoms with E-state index in [1.807, 2.05) is 0 Å². The Morgan fingerprint density at radius 2 is 1.88 bits per heavy atom. The van der Waals surface area contributed by atoms with E-state index in [0.29, 0.717) is 5.75 Å². The quantitative estimate of drug-likeness (QED) is 0.750. The minimum absolute atomic E-state index is 0.122. The largest absolute Gasteiger partial charge is 0.381 e. The molecule has 0 saturated carbocycles. The monoisotopic (exact) mass is 263 g/mol. The van der Waals surface area contributed by atoms with E-state index in [2.05, 4.69) is 12.2 Å². The second-order valence-electron chi connectivity index (χ2n) is 4.88. The van der Waals surface area contributed by atoms with Crippen LogP contribution >= 0.6 is 0 Å². The van der Waals surface area contributed by atoms with Crippen LogP contribution < -0.4 is 5.32 Å². The summed E-state index contributed by atoms with van der Waals surface area (Å²) in [6, 6.07) is 0. The third-order valence-corrected chi connectivity index (χ3v) is 5.39. The van der Waals surface area contributed by atoms with Crippen molar-refractivity contribution in [2.75, 3.05) is 37.8 Å². The van der Waals surface area contributed by atoms with Gasteiger partial charge in [0, 0.05) is 25.5 Å². The second kappa shape index (κ2) is 6.71. The van der Waals surface area contributed by atoms with E-state index in [9.17, 15) is 8.42 Å². The predicted molar refractivity (Wildman–Crippen MR) is 70.0 cm³/mol. The van der Waals surface area contributed by atoms with Gasteiger partial charge >= 0.3 is 0 Å². The first kappa shape index (κ1) is 14.9. The fourth-order valence-corrected chi connectivity index (χ4v) is 3.26. The highest BCUT2D eigenvalue weighted by Crippen LogP contribution is 2.34. The molecule has 4 nitrogen and oxygen atoms in total. The molecule has 0 amide bonds. The summed E-state index contributed by atoms with van der Waals surface area (Å²) in [5, 5.41) is 3.36. The third kappa shape index (κ3) is 4.94. The highest BCUT2D eigenvalue weighted by Gasteiger charge is 2.33. The first-order valence-corrected chi connectivity index (χ1v) is 8.34. The Balaban J connectivity index is 2.57. The lowest BCUT2D eigenvalue weighted by Crippen LogP contribution is -2.40. The maximum absolute atomic E-state index is 11.6. The maximum Gasteiger partial charge on any atom is 0.150 e. The normalized spacial score (nSPS) is 20.4. The molecule has 1 heterocycles. The maximum atomic E-state index is 11.6. The average molecular weight is 263 g/mol. The topological polar surface area (TPSA) is 55.4 Å². The van der Waals surface area contributed by atoms with Crippen LogP contribution in [0.25, 0.3) is 0 Å². The number of hydrogen-bond donors (Lipinski definition) is 1. The molecule has 0 radical (unpaired) electrons. The Hall–Kier alpha value is -0.130. The molecule has 0 aliphatic carbocycles. The van der Waals surface area contributed by atoms with Crippen molar-refractivity contribution < 1.29 is 13.2 Å². The summed E-state index contributed by atoms with van der Waals surface area (Å²) in [5.74, 6) is 0.565. The Morgan fingerprint density at radius 3 is 2.41 bits per heavy atom. The van der Waals surface area contributed by atoms with Crippen molar-refractivity contribution in [3.05, 3.63) is 0 Å². The van der Waals surface area contributed by atoms with E-state index in [1.165, 1.54) is 0 Å². The average Bonchev–Trinajstić information content (AvgIpc) is 2.36. The smallest absolute Gasteiger partial charge is 0.150 e. The van der Waals surface area contributed by atoms with Gasteiger partial charge in [0.05, 0.1) is 5.75 Å². The van der Waals surface area contributed by atoms with Crippen LogP contribution in [0.5, 0.6) is 0 Å². The summed E-state index contributed by atoms with van der Waals surface area (Å²) in [7, 11) is -2.85. The molecule has 1 rings (SSSR count). The Labute approximate surface area is 105 Å². The van der Waals surface area contributed by atoms with Crippen LogP contribution in [-0.2, 0) is 14.6 Å². The lowest BCUT2D eigenvalue weighted by atomic mass is 9.78. The summed E-state index contributed by atoms with van der Waals surface area (Å²) in [5.41, 5.74) is 0.122. The van der Waals surface area contributed by atoms with Gasteiger partial charge in [0.15, 0.2) is 0 Å². The highest BCUT2D eigenvalue weighted by molar-refractivity contribution is 7.91. The number of rotatable bonds is 7. The highest BCUT2D eigenvalue weighted by atomic mass is 32.2. The minimum atomic E-state index is -2.85. The van der Waals surface area contributed by atoms with E-state index in [0.717, 1.165) is 45.6 Å². The molecule has 0 aromatic rings. The summed E-state index contributed by atoms with van der Waals surface area (Å²) < 4.78 is 28.6. The van der Waals surface area contributed by atoms with Crippen molar-refractivity contribution >= 4 is 9.84 Å². The molecule has 0 atom stereocenters. The van der Waals surface area contributed by atoms with Gasteiger partial charge in [-0.2, -0.15) is 0 Å². The number of ether oxygens (including phenoxy) is 1. The van der Waals surface area contributed by atoms with Gasteiger partial charge in [-0.05, 0) is 31.2 Å². The van der Waals surface area contributed by atoms with E-state index in [1.54, 1.807) is 6.92 Å². The van der Waals surface area contributed by atoms with E-state index < -0.39 is 9.84 Å². The van der Waals surface area contributed by atoms with Crippen molar-refractivity contribution in [1.29, 1.82) is 0 Å². The van der Waals surface area contributed by atoms with Crippen LogP contribution in [0.1, 0.15) is 33.1 Å². The molecule has 1 aliphatic rings. The molecule has 5 heteroatoms. The SMILES string of the molecule is CCNCC1(CCS(=O)(=O)CC)CCOCC1. The van der Waals surface area contributed by atoms with Gasteiger partial charge in [-0.25, -0.2) is 8.42 Å². The van der Waals surface area contributed by atoms with Crippen LogP contribution in [-0.4, -0.2) is 46.2 Å². The first-order chi connectivity index (χ1) is 8.04. The molecule has 0 bridgehead atoms. The summed E-state index contributed by atoms with van der Waals surface area (Å²) >= 11 is 0. The van der Waals surface area contributed by atoms with Crippen LogP contribution in [0.3, 0.4) is 0 Å². The minimum Gasteiger partial charge on any atom is -0.381 e. The summed E-state index contributed by atoms with van der Waals surface area (Å²) in [6.07, 6.45) is 2.71. The molecule has 1 N–H and O–H groups in total. The number of sulfone groups is 1. The zero-order chi connectivity index (χ0) is 12.8. The van der Waals surface area contributed by atoms with E-state index in [-0.39, 0.29) is 11.2 Å². The van der Waals surface area contributed by atoms with Crippen molar-refractivity contribution in [3.8, 4) is 0 Å². The van der Waals surface area contributed by atoms with Gasteiger partial charge in [0.1, 0.15) is 9.84 Å². The molecular formula is C12H25NO3S. The van der Waals surface area contributed by atoms with Gasteiger partial charge in [-0.3, -0.25) is 0 Å². The zero-order valence-corrected chi connectivity index (χ0v) is 11.8. The Morgan fingerprint density at radius 1 is 1.24 bits per heavy atom. The Kier molecular flexibility index (Phi) is 5.89. The van der Waals surface area contributed by atoms with Crippen LogP contribution in [0, 0.1) is 5.41 Å². The van der Waals surface area contributed by atoms with Gasteiger partial charge in [-0.15, -0.1) is 0 Å². The van der Waals surface area contributed by atoms with Gasteiger partial charge < -0.3 is 10.1 Å². The van der Waals surface area contributed by atoms with Crippen LogP contribution in [0.2, 0.25) is 0 Å². The molecule has 1 fully saturated rings. The van der Waals surface area contributed by atoms with Crippen molar-refractivity contribution in [1.82, 2.24) is 5.32 Å². The standard InChI is InChI=1S/C12H25NO3S/c1-3-13-11-12(5-8-16-9-6-12)7-10-17(14,15)4-2/h13H,3-11H2,1-2H3. The van der Waals surface area contributed by atoms with Crippen molar-refractivity contribution in [3.63, 3.8) is 0 Å². The van der Waals surface area contributed by atoms with Crippen molar-refractivity contribution in [2.24, 2.45) is 5.41 Å². The Bertz CT molecular complexity index is 308. The fourth-order valence-electron chi connectivity index (χ4n) is 2.23. The molecule has 1 saturated heterocycles. The molecule has 1 aliphatic heterocycles. The molecule has 0 spiro atoms. The lowest BCUT2D eigenvalue weighted by Gasteiger charge is -2.37. The predicted octanol–water partition coefficient (Wildman–Crippen LogP) is 1.22. The molecule has 0 aromatic carbocycles. The van der Waals surface area contributed by atoms with Gasteiger partial charge in [-0.1, -0.05) is 13.8 Å². The van der Waals surface area contributed by atoms with E-state index in [4.69, 9.17) is 4.74 Å². The fraction of sp³-hybridized carbons (Fsp3) is 1.00. The lowest BCUT2D eigenvalue weighted by molar-refractivity contribution is 0.0135.